The maximum absolute atomic E-state index is 13.6. The monoisotopic (exact) mass is 600 g/mol. The van der Waals surface area contributed by atoms with E-state index >= 15 is 0 Å². The lowest BCUT2D eigenvalue weighted by Crippen LogP contribution is -2.72. The molecule has 0 bridgehead atoms. The second-order valence-corrected chi connectivity index (χ2v) is 6.23. The van der Waals surface area contributed by atoms with Gasteiger partial charge in [0.2, 0.25) is 0 Å². The van der Waals surface area contributed by atoms with Gasteiger partial charge in [0, 0.05) is 0 Å². The summed E-state index contributed by atoms with van der Waals surface area (Å²) in [7, 11) is 0. The average Bonchev–Trinajstić information content (AvgIpc) is 2.57. The second kappa shape index (κ2) is 8.28. The molecule has 0 N–H and O–H groups in total. The summed E-state index contributed by atoms with van der Waals surface area (Å²) in [6.45, 7) is 0. The van der Waals surface area contributed by atoms with Gasteiger partial charge in [-0.2, -0.15) is 105 Å². The van der Waals surface area contributed by atoms with E-state index in [9.17, 15) is 105 Å². The van der Waals surface area contributed by atoms with E-state index in [1.54, 1.807) is 0 Å². The summed E-state index contributed by atoms with van der Waals surface area (Å²) in [5.74, 6) is -70.8. The molecular weight excluding hydrogens is 600 g/mol. The highest BCUT2D eigenvalue weighted by molar-refractivity contribution is 5.32. The maximum Gasteiger partial charge on any atom is 0.460 e. The normalized spacial score (nSPS) is 16.3. The molecule has 0 aliphatic heterocycles. The van der Waals surface area contributed by atoms with Gasteiger partial charge in [-0.15, -0.1) is 0 Å². The van der Waals surface area contributed by atoms with Gasteiger partial charge >= 0.3 is 59.7 Å². The topological polar surface area (TPSA) is 0 Å². The van der Waals surface area contributed by atoms with Gasteiger partial charge in [-0.3, -0.25) is 0 Å². The molecule has 0 fully saturated rings. The van der Waals surface area contributed by atoms with E-state index < -0.39 is 71.4 Å². The third-order valence-corrected chi connectivity index (χ3v) is 3.90. The third kappa shape index (κ3) is 4.18. The summed E-state index contributed by atoms with van der Waals surface area (Å²) in [4.78, 5) is 0. The standard InChI is InChI=1S/C12F24/c13-2(14)1(4(17,18)6(21,22)9(27,28)11(31,32)33)3(15,16)5(19,20)7(23,24)8(25,26)10(29,30)12(34,35)36. The van der Waals surface area contributed by atoms with E-state index in [1.165, 1.54) is 0 Å². The van der Waals surface area contributed by atoms with Crippen LogP contribution in [-0.2, 0) is 0 Å². The Morgan fingerprint density at radius 3 is 0.694 bits per heavy atom. The quantitative estimate of drug-likeness (QED) is 0.246. The first kappa shape index (κ1) is 34.1. The Bertz CT molecular complexity index is 843. The third-order valence-electron chi connectivity index (χ3n) is 3.90. The molecule has 0 amide bonds. The van der Waals surface area contributed by atoms with Crippen LogP contribution in [0.4, 0.5) is 105 Å². The van der Waals surface area contributed by atoms with E-state index in [2.05, 4.69) is 0 Å². The van der Waals surface area contributed by atoms with Gasteiger partial charge in [-0.05, 0) is 0 Å². The van der Waals surface area contributed by atoms with Gasteiger partial charge in [0.1, 0.15) is 5.57 Å². The van der Waals surface area contributed by atoms with Gasteiger partial charge in [0.25, 0.3) is 6.08 Å². The first-order valence-electron chi connectivity index (χ1n) is 7.29. The summed E-state index contributed by atoms with van der Waals surface area (Å²) in [6, 6.07) is 0. The summed E-state index contributed by atoms with van der Waals surface area (Å²) < 4.78 is 307. The van der Waals surface area contributed by atoms with Crippen LogP contribution in [-0.4, -0.2) is 59.7 Å². The fourth-order valence-corrected chi connectivity index (χ4v) is 1.89. The highest BCUT2D eigenvalue weighted by Crippen LogP contribution is 2.65. The zero-order valence-corrected chi connectivity index (χ0v) is 15.1. The zero-order valence-electron chi connectivity index (χ0n) is 15.1. The molecule has 0 unspecified atom stereocenters. The number of allylic oxidation sites excluding steroid dienone is 1. The summed E-state index contributed by atoms with van der Waals surface area (Å²) >= 11 is 0. The van der Waals surface area contributed by atoms with Crippen molar-refractivity contribution in [1.82, 2.24) is 0 Å². The van der Waals surface area contributed by atoms with Crippen LogP contribution < -0.4 is 0 Å². The summed E-state index contributed by atoms with van der Waals surface area (Å²) in [6.07, 6.45) is -21.8. The molecule has 0 heterocycles. The molecule has 0 aromatic rings. The fraction of sp³-hybridized carbons (Fsp3) is 0.833. The van der Waals surface area contributed by atoms with Crippen LogP contribution in [0.1, 0.15) is 0 Å². The minimum Gasteiger partial charge on any atom is -0.194 e. The van der Waals surface area contributed by atoms with E-state index in [0.717, 1.165) is 0 Å². The molecule has 0 aliphatic rings. The Morgan fingerprint density at radius 2 is 0.472 bits per heavy atom. The highest BCUT2D eigenvalue weighted by atomic mass is 19.4. The van der Waals surface area contributed by atoms with Crippen molar-refractivity contribution in [1.29, 1.82) is 0 Å². The lowest BCUT2D eigenvalue weighted by molar-refractivity contribution is -0.440. The molecule has 0 aliphatic carbocycles. The van der Waals surface area contributed by atoms with E-state index in [0.29, 0.717) is 0 Å². The van der Waals surface area contributed by atoms with Crippen LogP contribution in [0.15, 0.2) is 11.7 Å². The number of rotatable bonds is 8. The number of alkyl halides is 22. The van der Waals surface area contributed by atoms with Crippen LogP contribution in [0.25, 0.3) is 0 Å². The predicted molar refractivity (Wildman–Crippen MR) is 60.9 cm³/mol. The van der Waals surface area contributed by atoms with Crippen LogP contribution in [0.5, 0.6) is 0 Å². The largest absolute Gasteiger partial charge is 0.460 e. The van der Waals surface area contributed by atoms with Gasteiger partial charge in [0.05, 0.1) is 0 Å². The predicted octanol–water partition coefficient (Wildman–Crippen LogP) is 8.34. The molecule has 0 spiro atoms. The van der Waals surface area contributed by atoms with Crippen LogP contribution in [0.2, 0.25) is 0 Å². The summed E-state index contributed by atoms with van der Waals surface area (Å²) in [5, 5.41) is 0. The van der Waals surface area contributed by atoms with Crippen molar-refractivity contribution >= 4 is 0 Å². The Balaban J connectivity index is 7.38. The average molecular weight is 600 g/mol. The molecule has 0 radical (unpaired) electrons. The lowest BCUT2D eigenvalue weighted by atomic mass is 9.85. The molecule has 24 heteroatoms. The second-order valence-electron chi connectivity index (χ2n) is 6.23. The first-order chi connectivity index (χ1) is 15.1. The fourth-order valence-electron chi connectivity index (χ4n) is 1.89. The van der Waals surface area contributed by atoms with E-state index in [4.69, 9.17) is 0 Å². The van der Waals surface area contributed by atoms with Crippen molar-refractivity contribution in [2.75, 3.05) is 0 Å². The summed E-state index contributed by atoms with van der Waals surface area (Å²) in [5.41, 5.74) is -6.18. The van der Waals surface area contributed by atoms with Crippen molar-refractivity contribution in [3.63, 3.8) is 0 Å². The number of halogens is 24. The molecule has 0 aromatic carbocycles. The maximum atomic E-state index is 13.6. The van der Waals surface area contributed by atoms with Crippen LogP contribution >= 0.6 is 0 Å². The van der Waals surface area contributed by atoms with E-state index in [1.807, 2.05) is 0 Å². The Kier molecular flexibility index (Phi) is 7.83. The molecule has 0 saturated heterocycles. The minimum absolute atomic E-state index is 5.66. The van der Waals surface area contributed by atoms with Gasteiger partial charge < -0.3 is 0 Å². The minimum atomic E-state index is -9.19. The Hall–Kier alpha value is -1.94. The molecule has 0 atom stereocenters. The van der Waals surface area contributed by atoms with E-state index in [-0.39, 0.29) is 0 Å². The number of hydrogen-bond acceptors (Lipinski definition) is 0. The van der Waals surface area contributed by atoms with Crippen molar-refractivity contribution in [2.45, 2.75) is 59.7 Å². The Morgan fingerprint density at radius 1 is 0.278 bits per heavy atom. The molecule has 36 heavy (non-hydrogen) atoms. The van der Waals surface area contributed by atoms with Crippen molar-refractivity contribution in [3.8, 4) is 0 Å². The van der Waals surface area contributed by atoms with Gasteiger partial charge in [0.15, 0.2) is 0 Å². The number of hydrogen-bond donors (Lipinski definition) is 0. The smallest absolute Gasteiger partial charge is 0.194 e. The first-order valence-corrected chi connectivity index (χ1v) is 7.29. The zero-order chi connectivity index (χ0) is 30.2. The van der Waals surface area contributed by atoms with Crippen molar-refractivity contribution in [3.05, 3.63) is 11.7 Å². The Labute approximate surface area is 178 Å². The highest BCUT2D eigenvalue weighted by Gasteiger charge is 2.93. The van der Waals surface area contributed by atoms with Gasteiger partial charge in [-0.1, -0.05) is 0 Å². The van der Waals surface area contributed by atoms with Crippen LogP contribution in [0.3, 0.4) is 0 Å². The molecule has 0 aromatic heterocycles. The molecule has 0 nitrogen and oxygen atoms in total. The molecule has 0 saturated carbocycles. The van der Waals surface area contributed by atoms with Crippen molar-refractivity contribution < 1.29 is 105 Å². The van der Waals surface area contributed by atoms with Crippen molar-refractivity contribution in [2.24, 2.45) is 0 Å². The van der Waals surface area contributed by atoms with Gasteiger partial charge in [-0.25, -0.2) is 0 Å². The molecule has 216 valence electrons. The molecule has 0 rings (SSSR count). The SMILES string of the molecule is FC(F)=C(C(F)(F)C(F)(F)C(F)(F)C(F)(F)F)C(F)(F)C(F)(F)C(F)(F)C(F)(F)C(F)(F)C(F)(F)F. The lowest BCUT2D eigenvalue weighted by Gasteiger charge is -2.42. The molecular formula is C12F24. The van der Waals surface area contributed by atoms with Crippen LogP contribution in [0, 0.1) is 0 Å².